The normalized spacial score (nSPS) is 11.3. The van der Waals surface area contributed by atoms with Gasteiger partial charge in [-0.05, 0) is 47.0 Å². The summed E-state index contributed by atoms with van der Waals surface area (Å²) in [6, 6.07) is 20.4. The van der Waals surface area contributed by atoms with Crippen LogP contribution in [0.2, 0.25) is 5.02 Å². The standard InChI is InChI=1S/C25H19ClO5S/c1-30-22-12-11-21(16-3-7-18(26)8-4-16)24(25(22)23-15-19(27)13-14-31-23)17-5-9-20(10-6-17)32(2,28)29/h3-15H,1-2H3. The van der Waals surface area contributed by atoms with Crippen LogP contribution in [0.25, 0.3) is 33.6 Å². The number of rotatable bonds is 5. The van der Waals surface area contributed by atoms with Crippen molar-refractivity contribution in [2.45, 2.75) is 4.90 Å². The lowest BCUT2D eigenvalue weighted by atomic mass is 9.89. The van der Waals surface area contributed by atoms with E-state index in [9.17, 15) is 13.2 Å². The van der Waals surface area contributed by atoms with Crippen molar-refractivity contribution in [3.8, 4) is 39.3 Å². The van der Waals surface area contributed by atoms with Crippen LogP contribution in [0.1, 0.15) is 0 Å². The summed E-state index contributed by atoms with van der Waals surface area (Å²) in [5.74, 6) is 0.853. The van der Waals surface area contributed by atoms with Crippen molar-refractivity contribution in [3.05, 3.63) is 94.3 Å². The highest BCUT2D eigenvalue weighted by atomic mass is 35.5. The quantitative estimate of drug-likeness (QED) is 0.377. The van der Waals surface area contributed by atoms with Crippen LogP contribution < -0.4 is 10.2 Å². The highest BCUT2D eigenvalue weighted by Gasteiger charge is 2.21. The molecule has 0 N–H and O–H groups in total. The third kappa shape index (κ3) is 4.33. The molecule has 0 aliphatic carbocycles. The Hall–Kier alpha value is -3.35. The minimum absolute atomic E-state index is 0.205. The van der Waals surface area contributed by atoms with Gasteiger partial charge in [-0.15, -0.1) is 0 Å². The van der Waals surface area contributed by atoms with Gasteiger partial charge in [-0.1, -0.05) is 41.9 Å². The van der Waals surface area contributed by atoms with Gasteiger partial charge in [0.2, 0.25) is 0 Å². The Kier molecular flexibility index (Phi) is 5.91. The van der Waals surface area contributed by atoms with Gasteiger partial charge >= 0.3 is 0 Å². The van der Waals surface area contributed by atoms with E-state index < -0.39 is 9.84 Å². The predicted octanol–water partition coefficient (Wildman–Crippen LogP) is 5.71. The monoisotopic (exact) mass is 466 g/mol. The molecule has 0 fully saturated rings. The second kappa shape index (κ2) is 8.65. The Labute approximate surface area is 190 Å². The van der Waals surface area contributed by atoms with Crippen molar-refractivity contribution >= 4 is 21.4 Å². The van der Waals surface area contributed by atoms with Gasteiger partial charge in [0.15, 0.2) is 15.3 Å². The maximum absolute atomic E-state index is 12.1. The van der Waals surface area contributed by atoms with E-state index in [2.05, 4.69) is 0 Å². The van der Waals surface area contributed by atoms with Crippen molar-refractivity contribution in [2.24, 2.45) is 0 Å². The Morgan fingerprint density at radius 3 is 2.09 bits per heavy atom. The van der Waals surface area contributed by atoms with Crippen molar-refractivity contribution in [3.63, 3.8) is 0 Å². The number of ether oxygens (including phenoxy) is 1. The van der Waals surface area contributed by atoms with Gasteiger partial charge in [0.25, 0.3) is 0 Å². The molecule has 4 aromatic rings. The predicted molar refractivity (Wildman–Crippen MR) is 126 cm³/mol. The molecule has 3 aromatic carbocycles. The summed E-state index contributed by atoms with van der Waals surface area (Å²) < 4.78 is 35.2. The summed E-state index contributed by atoms with van der Waals surface area (Å²) in [7, 11) is -1.81. The summed E-state index contributed by atoms with van der Waals surface area (Å²) in [6.45, 7) is 0. The molecule has 4 rings (SSSR count). The third-order valence-corrected chi connectivity index (χ3v) is 6.44. The van der Waals surface area contributed by atoms with Gasteiger partial charge in [0, 0.05) is 29.0 Å². The second-order valence-corrected chi connectivity index (χ2v) is 9.65. The Morgan fingerprint density at radius 1 is 0.844 bits per heavy atom. The Morgan fingerprint density at radius 2 is 1.50 bits per heavy atom. The van der Waals surface area contributed by atoms with Crippen LogP contribution in [-0.2, 0) is 9.84 Å². The molecule has 0 radical (unpaired) electrons. The fourth-order valence-electron chi connectivity index (χ4n) is 3.55. The molecule has 7 heteroatoms. The number of hydrogen-bond acceptors (Lipinski definition) is 5. The van der Waals surface area contributed by atoms with Gasteiger partial charge in [-0.2, -0.15) is 0 Å². The molecule has 5 nitrogen and oxygen atoms in total. The molecular formula is C25H19ClO5S. The Balaban J connectivity index is 2.07. The summed E-state index contributed by atoms with van der Waals surface area (Å²) in [5, 5.41) is 0.607. The first-order chi connectivity index (χ1) is 15.3. The molecule has 162 valence electrons. The van der Waals surface area contributed by atoms with Crippen molar-refractivity contribution in [1.82, 2.24) is 0 Å². The molecule has 0 aliphatic rings. The minimum Gasteiger partial charge on any atom is -0.496 e. The van der Waals surface area contributed by atoms with E-state index >= 15 is 0 Å². The van der Waals surface area contributed by atoms with Gasteiger partial charge in [0.05, 0.1) is 23.8 Å². The van der Waals surface area contributed by atoms with Crippen LogP contribution in [0, 0.1) is 0 Å². The Bertz CT molecular complexity index is 1440. The van der Waals surface area contributed by atoms with E-state index in [1.165, 1.54) is 18.4 Å². The molecule has 0 atom stereocenters. The van der Waals surface area contributed by atoms with E-state index in [0.29, 0.717) is 22.1 Å². The first-order valence-electron chi connectivity index (χ1n) is 9.64. The van der Waals surface area contributed by atoms with Gasteiger partial charge < -0.3 is 9.15 Å². The highest BCUT2D eigenvalue weighted by Crippen LogP contribution is 2.45. The second-order valence-electron chi connectivity index (χ2n) is 7.20. The highest BCUT2D eigenvalue weighted by molar-refractivity contribution is 7.90. The lowest BCUT2D eigenvalue weighted by Crippen LogP contribution is -2.00. The maximum atomic E-state index is 12.1. The number of hydrogen-bond donors (Lipinski definition) is 0. The molecule has 0 unspecified atom stereocenters. The van der Waals surface area contributed by atoms with Gasteiger partial charge in [0.1, 0.15) is 11.5 Å². The fraction of sp³-hybridized carbons (Fsp3) is 0.0800. The molecular weight excluding hydrogens is 448 g/mol. The summed E-state index contributed by atoms with van der Waals surface area (Å²) in [5.41, 5.74) is 3.59. The smallest absolute Gasteiger partial charge is 0.185 e. The average molecular weight is 467 g/mol. The van der Waals surface area contributed by atoms with Crippen LogP contribution >= 0.6 is 11.6 Å². The molecule has 0 spiro atoms. The van der Waals surface area contributed by atoms with Gasteiger partial charge in [-0.3, -0.25) is 4.79 Å². The average Bonchev–Trinajstić information content (AvgIpc) is 2.78. The van der Waals surface area contributed by atoms with Crippen molar-refractivity contribution in [2.75, 3.05) is 13.4 Å². The van der Waals surface area contributed by atoms with Crippen molar-refractivity contribution in [1.29, 1.82) is 0 Å². The van der Waals surface area contributed by atoms with Crippen molar-refractivity contribution < 1.29 is 17.6 Å². The lowest BCUT2D eigenvalue weighted by Gasteiger charge is -2.18. The van der Waals surface area contributed by atoms with Crippen LogP contribution in [0.3, 0.4) is 0 Å². The number of halogens is 1. The molecule has 1 aromatic heterocycles. The number of sulfone groups is 1. The topological polar surface area (TPSA) is 73.6 Å². The molecule has 0 saturated heterocycles. The number of methoxy groups -OCH3 is 1. The minimum atomic E-state index is -3.35. The van der Waals surface area contributed by atoms with E-state index in [0.717, 1.165) is 28.5 Å². The van der Waals surface area contributed by atoms with Crippen LogP contribution in [0.15, 0.2) is 93.2 Å². The molecule has 32 heavy (non-hydrogen) atoms. The van der Waals surface area contributed by atoms with E-state index in [4.69, 9.17) is 20.8 Å². The van der Waals surface area contributed by atoms with Crippen LogP contribution in [-0.4, -0.2) is 21.8 Å². The van der Waals surface area contributed by atoms with Crippen LogP contribution in [0.4, 0.5) is 0 Å². The molecule has 0 saturated carbocycles. The summed E-state index contributed by atoms with van der Waals surface area (Å²) in [4.78, 5) is 12.3. The summed E-state index contributed by atoms with van der Waals surface area (Å²) >= 11 is 6.08. The zero-order chi connectivity index (χ0) is 22.9. The first-order valence-corrected chi connectivity index (χ1v) is 11.9. The van der Waals surface area contributed by atoms with Crippen LogP contribution in [0.5, 0.6) is 5.75 Å². The molecule has 1 heterocycles. The lowest BCUT2D eigenvalue weighted by molar-refractivity contribution is 0.414. The molecule has 0 aliphatic heterocycles. The zero-order valence-electron chi connectivity index (χ0n) is 17.3. The van der Waals surface area contributed by atoms with E-state index in [1.807, 2.05) is 18.2 Å². The molecule has 0 bridgehead atoms. The van der Waals surface area contributed by atoms with E-state index in [-0.39, 0.29) is 10.3 Å². The summed E-state index contributed by atoms with van der Waals surface area (Å²) in [6.07, 6.45) is 2.50. The van der Waals surface area contributed by atoms with E-state index in [1.54, 1.807) is 49.6 Å². The zero-order valence-corrected chi connectivity index (χ0v) is 18.9. The maximum Gasteiger partial charge on any atom is 0.185 e. The fourth-order valence-corrected chi connectivity index (χ4v) is 4.31. The first kappa shape index (κ1) is 21.9. The molecule has 0 amide bonds. The number of benzene rings is 3. The van der Waals surface area contributed by atoms with Gasteiger partial charge in [-0.25, -0.2) is 8.42 Å². The SMILES string of the molecule is COc1ccc(-c2ccc(Cl)cc2)c(-c2ccc(S(C)(=O)=O)cc2)c1-c1cc(=O)cco1. The largest absolute Gasteiger partial charge is 0.496 e. The third-order valence-electron chi connectivity index (χ3n) is 5.06.